The van der Waals surface area contributed by atoms with Crippen molar-refractivity contribution in [2.24, 2.45) is 0 Å². The maximum Gasteiger partial charge on any atom is 0.0641 e. The Hall–Kier alpha value is -1.06. The molecule has 0 aromatic heterocycles. The van der Waals surface area contributed by atoms with Gasteiger partial charge < -0.3 is 15.0 Å². The van der Waals surface area contributed by atoms with E-state index in [1.165, 1.54) is 23.2 Å². The number of anilines is 1. The van der Waals surface area contributed by atoms with E-state index in [2.05, 4.69) is 42.3 Å². The molecule has 2 rings (SSSR count). The van der Waals surface area contributed by atoms with Crippen molar-refractivity contribution in [3.63, 3.8) is 0 Å². The zero-order valence-electron chi connectivity index (χ0n) is 12.2. The Labute approximate surface area is 116 Å². The van der Waals surface area contributed by atoms with Gasteiger partial charge in [-0.05, 0) is 37.9 Å². The minimum absolute atomic E-state index is 0.843. The average molecular weight is 262 g/mol. The van der Waals surface area contributed by atoms with E-state index in [1.54, 1.807) is 0 Å². The summed E-state index contributed by atoms with van der Waals surface area (Å²) in [6.45, 7) is 10.3. The topological polar surface area (TPSA) is 24.5 Å². The van der Waals surface area contributed by atoms with Crippen LogP contribution in [0.4, 0.5) is 5.69 Å². The predicted octanol–water partition coefficient (Wildman–Crippen LogP) is 2.72. The second-order valence-corrected chi connectivity index (χ2v) is 5.26. The number of ether oxygens (including phenoxy) is 1. The van der Waals surface area contributed by atoms with E-state index >= 15 is 0 Å². The number of nitrogens with one attached hydrogen (secondary N) is 1. The van der Waals surface area contributed by atoms with Crippen molar-refractivity contribution in [2.45, 2.75) is 33.2 Å². The third-order valence-corrected chi connectivity index (χ3v) is 3.54. The smallest absolute Gasteiger partial charge is 0.0641 e. The van der Waals surface area contributed by atoms with E-state index in [0.29, 0.717) is 0 Å². The summed E-state index contributed by atoms with van der Waals surface area (Å²) in [7, 11) is 0. The monoisotopic (exact) mass is 262 g/mol. The number of aryl methyl sites for hydroxylation is 1. The predicted molar refractivity (Wildman–Crippen MR) is 80.8 cm³/mol. The molecule has 1 fully saturated rings. The highest BCUT2D eigenvalue weighted by molar-refractivity contribution is 5.55. The van der Waals surface area contributed by atoms with Crippen LogP contribution in [0.5, 0.6) is 0 Å². The lowest BCUT2D eigenvalue weighted by molar-refractivity contribution is 0.152. The number of benzene rings is 1. The summed E-state index contributed by atoms with van der Waals surface area (Å²) in [4.78, 5) is 2.47. The fourth-order valence-electron chi connectivity index (χ4n) is 2.55. The molecule has 1 aliphatic rings. The number of hydrogen-bond acceptors (Lipinski definition) is 3. The van der Waals surface area contributed by atoms with Crippen LogP contribution in [0.25, 0.3) is 0 Å². The van der Waals surface area contributed by atoms with Crippen LogP contribution >= 0.6 is 0 Å². The highest BCUT2D eigenvalue weighted by atomic mass is 16.5. The maximum atomic E-state index is 5.55. The Morgan fingerprint density at radius 1 is 1.26 bits per heavy atom. The van der Waals surface area contributed by atoms with Crippen molar-refractivity contribution >= 4 is 5.69 Å². The lowest BCUT2D eigenvalue weighted by atomic mass is 10.1. The fraction of sp³-hybridized carbons (Fsp3) is 0.625. The van der Waals surface area contributed by atoms with Crippen LogP contribution in [0, 0.1) is 6.92 Å². The SMILES string of the molecule is CCCNCc1cc(C)ccc1N1CCCOCC1. The number of hydrogen-bond donors (Lipinski definition) is 1. The summed E-state index contributed by atoms with van der Waals surface area (Å²) in [5, 5.41) is 3.52. The molecular formula is C16H26N2O. The molecule has 0 radical (unpaired) electrons. The van der Waals surface area contributed by atoms with Gasteiger partial charge in [-0.2, -0.15) is 0 Å². The summed E-state index contributed by atoms with van der Waals surface area (Å²) >= 11 is 0. The standard InChI is InChI=1S/C16H26N2O/c1-3-7-17-13-15-12-14(2)5-6-16(15)18-8-4-10-19-11-9-18/h5-6,12,17H,3-4,7-11,13H2,1-2H3. The first kappa shape index (κ1) is 14.4. The van der Waals surface area contributed by atoms with Gasteiger partial charge >= 0.3 is 0 Å². The van der Waals surface area contributed by atoms with Gasteiger partial charge in [-0.1, -0.05) is 24.6 Å². The lowest BCUT2D eigenvalue weighted by Gasteiger charge is -2.25. The van der Waals surface area contributed by atoms with E-state index in [0.717, 1.165) is 45.8 Å². The zero-order valence-corrected chi connectivity index (χ0v) is 12.2. The first-order chi connectivity index (χ1) is 9.31. The zero-order chi connectivity index (χ0) is 13.5. The normalized spacial score (nSPS) is 16.4. The molecule has 1 aliphatic heterocycles. The quantitative estimate of drug-likeness (QED) is 0.826. The minimum Gasteiger partial charge on any atom is -0.380 e. The van der Waals surface area contributed by atoms with Crippen LogP contribution in [-0.4, -0.2) is 32.8 Å². The third-order valence-electron chi connectivity index (χ3n) is 3.54. The van der Waals surface area contributed by atoms with Gasteiger partial charge in [-0.3, -0.25) is 0 Å². The molecule has 0 unspecified atom stereocenters. The van der Waals surface area contributed by atoms with Gasteiger partial charge in [-0.25, -0.2) is 0 Å². The van der Waals surface area contributed by atoms with Gasteiger partial charge in [0, 0.05) is 31.9 Å². The molecule has 0 amide bonds. The van der Waals surface area contributed by atoms with Crippen molar-refractivity contribution in [1.29, 1.82) is 0 Å². The second-order valence-electron chi connectivity index (χ2n) is 5.26. The molecule has 0 saturated carbocycles. The van der Waals surface area contributed by atoms with Gasteiger partial charge in [0.15, 0.2) is 0 Å². The summed E-state index contributed by atoms with van der Waals surface area (Å²) in [5.41, 5.74) is 4.12. The molecule has 0 aliphatic carbocycles. The third kappa shape index (κ3) is 4.22. The first-order valence-electron chi connectivity index (χ1n) is 7.44. The molecule has 1 saturated heterocycles. The Morgan fingerprint density at radius 3 is 3.00 bits per heavy atom. The summed E-state index contributed by atoms with van der Waals surface area (Å²) in [6.07, 6.45) is 2.30. The lowest BCUT2D eigenvalue weighted by Crippen LogP contribution is -2.28. The Kier molecular flexibility index (Phi) is 5.67. The summed E-state index contributed by atoms with van der Waals surface area (Å²) in [5.74, 6) is 0. The second kappa shape index (κ2) is 7.51. The van der Waals surface area contributed by atoms with Crippen LogP contribution in [0.1, 0.15) is 30.9 Å². The van der Waals surface area contributed by atoms with E-state index in [4.69, 9.17) is 4.74 Å². The molecule has 0 atom stereocenters. The minimum atomic E-state index is 0.843. The molecular weight excluding hydrogens is 236 g/mol. The van der Waals surface area contributed by atoms with Gasteiger partial charge in [-0.15, -0.1) is 0 Å². The van der Waals surface area contributed by atoms with Crippen LogP contribution in [0.15, 0.2) is 18.2 Å². The van der Waals surface area contributed by atoms with Crippen molar-refractivity contribution < 1.29 is 4.74 Å². The molecule has 106 valence electrons. The number of nitrogens with zero attached hydrogens (tertiary/aromatic N) is 1. The fourth-order valence-corrected chi connectivity index (χ4v) is 2.55. The van der Waals surface area contributed by atoms with Crippen LogP contribution < -0.4 is 10.2 Å². The van der Waals surface area contributed by atoms with Crippen LogP contribution in [0.2, 0.25) is 0 Å². The van der Waals surface area contributed by atoms with Crippen LogP contribution in [0.3, 0.4) is 0 Å². The van der Waals surface area contributed by atoms with Gasteiger partial charge in [0.1, 0.15) is 0 Å². The molecule has 3 nitrogen and oxygen atoms in total. The molecule has 1 aromatic carbocycles. The molecule has 3 heteroatoms. The molecule has 0 bridgehead atoms. The maximum absolute atomic E-state index is 5.55. The molecule has 0 spiro atoms. The molecule has 1 heterocycles. The summed E-state index contributed by atoms with van der Waals surface area (Å²) < 4.78 is 5.55. The van der Waals surface area contributed by atoms with E-state index in [9.17, 15) is 0 Å². The number of rotatable bonds is 5. The Morgan fingerprint density at radius 2 is 2.16 bits per heavy atom. The van der Waals surface area contributed by atoms with Crippen molar-refractivity contribution in [2.75, 3.05) is 37.7 Å². The van der Waals surface area contributed by atoms with Gasteiger partial charge in [0.05, 0.1) is 6.61 Å². The van der Waals surface area contributed by atoms with Gasteiger partial charge in [0.25, 0.3) is 0 Å². The molecule has 19 heavy (non-hydrogen) atoms. The first-order valence-corrected chi connectivity index (χ1v) is 7.44. The Balaban J connectivity index is 2.12. The van der Waals surface area contributed by atoms with Gasteiger partial charge in [0.2, 0.25) is 0 Å². The highest BCUT2D eigenvalue weighted by Crippen LogP contribution is 2.23. The van der Waals surface area contributed by atoms with E-state index in [1.807, 2.05) is 0 Å². The Bertz CT molecular complexity index is 384. The van der Waals surface area contributed by atoms with Crippen LogP contribution in [-0.2, 0) is 11.3 Å². The highest BCUT2D eigenvalue weighted by Gasteiger charge is 2.13. The van der Waals surface area contributed by atoms with E-state index < -0.39 is 0 Å². The van der Waals surface area contributed by atoms with E-state index in [-0.39, 0.29) is 0 Å². The largest absolute Gasteiger partial charge is 0.380 e. The molecule has 1 N–H and O–H groups in total. The molecule has 1 aromatic rings. The average Bonchev–Trinajstić information content (AvgIpc) is 2.68. The van der Waals surface area contributed by atoms with Crippen molar-refractivity contribution in [1.82, 2.24) is 5.32 Å². The van der Waals surface area contributed by atoms with Crippen molar-refractivity contribution in [3.8, 4) is 0 Å². The van der Waals surface area contributed by atoms with Crippen molar-refractivity contribution in [3.05, 3.63) is 29.3 Å². The summed E-state index contributed by atoms with van der Waals surface area (Å²) in [6, 6.07) is 6.79.